The Morgan fingerprint density at radius 2 is 2.04 bits per heavy atom. The van der Waals surface area contributed by atoms with Gasteiger partial charge < -0.3 is 10.4 Å². The van der Waals surface area contributed by atoms with E-state index in [4.69, 9.17) is 5.11 Å². The average Bonchev–Trinajstić information content (AvgIpc) is 3.23. The number of rotatable bonds is 5. The lowest BCUT2D eigenvalue weighted by atomic mass is 9.82. The number of thiol groups is 1. The highest BCUT2D eigenvalue weighted by Gasteiger charge is 2.23. The second kappa shape index (κ2) is 7.42. The molecule has 0 aliphatic heterocycles. The predicted octanol–water partition coefficient (Wildman–Crippen LogP) is 2.74. The molecule has 2 N–H and O–H groups in total. The molecule has 7 heteroatoms. The summed E-state index contributed by atoms with van der Waals surface area (Å²) in [7, 11) is 1.93. The van der Waals surface area contributed by atoms with Crippen molar-refractivity contribution in [2.75, 3.05) is 13.2 Å². The van der Waals surface area contributed by atoms with Gasteiger partial charge in [-0.15, -0.1) is 0 Å². The minimum Gasteiger partial charge on any atom is -0.395 e. The monoisotopic (exact) mass is 371 g/mol. The SMILES string of the molecule is Cn1cc(-c2cn(S)c3ncc([C@H]4CC[C@@H](NCCO)CC4)cc23)cn1. The fraction of sp³-hybridized carbons (Fsp3) is 0.474. The van der Waals surface area contributed by atoms with E-state index in [0.717, 1.165) is 47.8 Å². The second-order valence-electron chi connectivity index (χ2n) is 7.16. The number of nitrogens with one attached hydrogen (secondary N) is 1. The van der Waals surface area contributed by atoms with Crippen molar-refractivity contribution in [3.05, 3.63) is 36.4 Å². The molecule has 138 valence electrons. The predicted molar refractivity (Wildman–Crippen MR) is 106 cm³/mol. The highest BCUT2D eigenvalue weighted by Crippen LogP contribution is 2.36. The zero-order chi connectivity index (χ0) is 18.1. The largest absolute Gasteiger partial charge is 0.395 e. The molecule has 1 aliphatic carbocycles. The van der Waals surface area contributed by atoms with E-state index in [2.05, 4.69) is 34.3 Å². The number of fused-ring (bicyclic) bond motifs is 1. The lowest BCUT2D eigenvalue weighted by Crippen LogP contribution is -2.34. The molecule has 3 aromatic heterocycles. The molecule has 26 heavy (non-hydrogen) atoms. The van der Waals surface area contributed by atoms with Crippen LogP contribution in [0.25, 0.3) is 22.2 Å². The summed E-state index contributed by atoms with van der Waals surface area (Å²) < 4.78 is 3.60. The molecule has 4 rings (SSSR count). The first-order valence-electron chi connectivity index (χ1n) is 9.19. The number of aliphatic hydroxyl groups excluding tert-OH is 1. The van der Waals surface area contributed by atoms with Crippen LogP contribution in [-0.2, 0) is 7.05 Å². The number of aliphatic hydroxyl groups is 1. The number of aromatic nitrogens is 4. The Kier molecular flexibility index (Phi) is 5.02. The Morgan fingerprint density at radius 1 is 1.23 bits per heavy atom. The van der Waals surface area contributed by atoms with Gasteiger partial charge in [0.2, 0.25) is 0 Å². The number of hydrogen-bond acceptors (Lipinski definition) is 5. The minimum absolute atomic E-state index is 0.207. The van der Waals surface area contributed by atoms with Crippen LogP contribution < -0.4 is 5.32 Å². The summed E-state index contributed by atoms with van der Waals surface area (Å²) in [6.07, 6.45) is 12.5. The van der Waals surface area contributed by atoms with Crippen LogP contribution >= 0.6 is 12.8 Å². The topological polar surface area (TPSA) is 67.9 Å². The highest BCUT2D eigenvalue weighted by atomic mass is 32.1. The molecule has 1 fully saturated rings. The Bertz CT molecular complexity index is 895. The molecular weight excluding hydrogens is 346 g/mol. The molecule has 3 heterocycles. The van der Waals surface area contributed by atoms with E-state index < -0.39 is 0 Å². The zero-order valence-corrected chi connectivity index (χ0v) is 15.9. The normalized spacial score (nSPS) is 20.7. The van der Waals surface area contributed by atoms with Crippen LogP contribution in [-0.4, -0.2) is 43.0 Å². The maximum Gasteiger partial charge on any atom is 0.150 e. The molecule has 0 spiro atoms. The second-order valence-corrected chi connectivity index (χ2v) is 7.59. The number of aryl methyl sites for hydroxylation is 1. The van der Waals surface area contributed by atoms with Crippen molar-refractivity contribution in [2.45, 2.75) is 37.6 Å². The summed E-state index contributed by atoms with van der Waals surface area (Å²) in [6.45, 7) is 0.894. The third kappa shape index (κ3) is 3.39. The molecule has 0 amide bonds. The van der Waals surface area contributed by atoms with Gasteiger partial charge in [-0.2, -0.15) is 5.10 Å². The van der Waals surface area contributed by atoms with Crippen LogP contribution in [0.5, 0.6) is 0 Å². The Morgan fingerprint density at radius 3 is 2.73 bits per heavy atom. The Balaban J connectivity index is 1.60. The van der Waals surface area contributed by atoms with Gasteiger partial charge in [0, 0.05) is 54.7 Å². The van der Waals surface area contributed by atoms with Gasteiger partial charge in [0.15, 0.2) is 0 Å². The maximum atomic E-state index is 8.97. The van der Waals surface area contributed by atoms with E-state index in [1.165, 1.54) is 5.56 Å². The van der Waals surface area contributed by atoms with Gasteiger partial charge >= 0.3 is 0 Å². The molecule has 0 saturated heterocycles. The summed E-state index contributed by atoms with van der Waals surface area (Å²) in [5.74, 6) is 0.545. The van der Waals surface area contributed by atoms with Gasteiger partial charge in [-0.3, -0.25) is 8.65 Å². The van der Waals surface area contributed by atoms with Gasteiger partial charge in [0.25, 0.3) is 0 Å². The van der Waals surface area contributed by atoms with Crippen molar-refractivity contribution < 1.29 is 5.11 Å². The van der Waals surface area contributed by atoms with Crippen molar-refractivity contribution in [1.82, 2.24) is 24.1 Å². The van der Waals surface area contributed by atoms with Crippen LogP contribution in [0.3, 0.4) is 0 Å². The summed E-state index contributed by atoms with van der Waals surface area (Å²) in [5.41, 5.74) is 4.40. The van der Waals surface area contributed by atoms with E-state index in [1.807, 2.05) is 36.5 Å². The standard InChI is InChI=1S/C19H25N5OS/c1-23-11-15(10-22-23)18-12-24(26)19-17(18)8-14(9-21-19)13-2-4-16(5-3-13)20-6-7-25/h8-13,16,20,25-26H,2-7H2,1H3/t13-,16+. The van der Waals surface area contributed by atoms with E-state index >= 15 is 0 Å². The van der Waals surface area contributed by atoms with Gasteiger partial charge in [-0.25, -0.2) is 4.98 Å². The average molecular weight is 372 g/mol. The fourth-order valence-corrected chi connectivity index (χ4v) is 4.30. The van der Waals surface area contributed by atoms with Crippen LogP contribution in [0.4, 0.5) is 0 Å². The molecule has 0 atom stereocenters. The zero-order valence-electron chi connectivity index (χ0n) is 15.0. The quantitative estimate of drug-likeness (QED) is 0.603. The third-order valence-corrected chi connectivity index (χ3v) is 5.71. The maximum absolute atomic E-state index is 8.97. The summed E-state index contributed by atoms with van der Waals surface area (Å²) in [5, 5.41) is 17.8. The lowest BCUT2D eigenvalue weighted by Gasteiger charge is -2.29. The van der Waals surface area contributed by atoms with Crippen molar-refractivity contribution in [2.24, 2.45) is 7.05 Å². The molecule has 1 saturated carbocycles. The summed E-state index contributed by atoms with van der Waals surface area (Å²) in [6, 6.07) is 2.81. The van der Waals surface area contributed by atoms with Gasteiger partial charge in [-0.1, -0.05) is 12.8 Å². The first-order chi connectivity index (χ1) is 12.7. The molecule has 0 unspecified atom stereocenters. The van der Waals surface area contributed by atoms with Crippen molar-refractivity contribution in [1.29, 1.82) is 0 Å². The molecule has 1 aliphatic rings. The summed E-state index contributed by atoms with van der Waals surface area (Å²) >= 11 is 4.53. The van der Waals surface area contributed by atoms with E-state index in [9.17, 15) is 0 Å². The first kappa shape index (κ1) is 17.6. The number of pyridine rings is 1. The van der Waals surface area contributed by atoms with Crippen LogP contribution in [0.2, 0.25) is 0 Å². The van der Waals surface area contributed by atoms with Crippen LogP contribution in [0.1, 0.15) is 37.2 Å². The first-order valence-corrected chi connectivity index (χ1v) is 9.59. The number of hydrogen-bond donors (Lipinski definition) is 3. The minimum atomic E-state index is 0.207. The van der Waals surface area contributed by atoms with Crippen molar-refractivity contribution >= 4 is 23.8 Å². The van der Waals surface area contributed by atoms with Gasteiger partial charge in [-0.05, 0) is 43.2 Å². The van der Waals surface area contributed by atoms with E-state index in [0.29, 0.717) is 18.5 Å². The third-order valence-electron chi connectivity index (χ3n) is 5.41. The van der Waals surface area contributed by atoms with Gasteiger partial charge in [0.1, 0.15) is 5.65 Å². The molecule has 0 radical (unpaired) electrons. The molecule has 0 bridgehead atoms. The molecular formula is C19H25N5OS. The smallest absolute Gasteiger partial charge is 0.150 e. The van der Waals surface area contributed by atoms with Crippen molar-refractivity contribution in [3.63, 3.8) is 0 Å². The summed E-state index contributed by atoms with van der Waals surface area (Å²) in [4.78, 5) is 4.69. The van der Waals surface area contributed by atoms with Gasteiger partial charge in [0.05, 0.1) is 12.8 Å². The molecule has 3 aromatic rings. The van der Waals surface area contributed by atoms with Crippen LogP contribution in [0.15, 0.2) is 30.9 Å². The van der Waals surface area contributed by atoms with E-state index in [-0.39, 0.29) is 6.61 Å². The van der Waals surface area contributed by atoms with Crippen LogP contribution in [0, 0.1) is 0 Å². The Hall–Kier alpha value is -1.83. The highest BCUT2D eigenvalue weighted by molar-refractivity contribution is 7.78. The molecule has 0 aromatic carbocycles. The van der Waals surface area contributed by atoms with E-state index in [1.54, 1.807) is 3.97 Å². The lowest BCUT2D eigenvalue weighted by molar-refractivity contribution is 0.267. The van der Waals surface area contributed by atoms with Crippen molar-refractivity contribution in [3.8, 4) is 11.1 Å². The Labute approximate surface area is 158 Å². The fourth-order valence-electron chi connectivity index (χ4n) is 4.02. The molecule has 6 nitrogen and oxygen atoms in total. The number of nitrogens with zero attached hydrogens (tertiary/aromatic N) is 4.